The summed E-state index contributed by atoms with van der Waals surface area (Å²) in [5.41, 5.74) is 1.61. The van der Waals surface area contributed by atoms with E-state index in [2.05, 4.69) is 5.32 Å². The third-order valence-electron chi connectivity index (χ3n) is 3.10. The molecule has 0 atom stereocenters. The van der Waals surface area contributed by atoms with Crippen LogP contribution in [-0.4, -0.2) is 11.7 Å². The monoisotopic (exact) mass is 306 g/mol. The maximum absolute atomic E-state index is 10.7. The van der Waals surface area contributed by atoms with Crippen LogP contribution in [0.1, 0.15) is 5.56 Å². The van der Waals surface area contributed by atoms with E-state index >= 15 is 0 Å². The second kappa shape index (κ2) is 5.49. The van der Waals surface area contributed by atoms with Gasteiger partial charge in [-0.25, -0.2) is 0 Å². The summed E-state index contributed by atoms with van der Waals surface area (Å²) in [6.07, 6.45) is 0. The molecule has 0 saturated heterocycles. The quantitative estimate of drug-likeness (QED) is 0.690. The van der Waals surface area contributed by atoms with Crippen LogP contribution in [0.4, 0.5) is 11.4 Å². The minimum Gasteiger partial charge on any atom is -0.454 e. The Morgan fingerprint density at radius 2 is 2.00 bits per heavy atom. The van der Waals surface area contributed by atoms with Crippen LogP contribution in [0.5, 0.6) is 11.5 Å². The summed E-state index contributed by atoms with van der Waals surface area (Å²) in [4.78, 5) is 10.2. The van der Waals surface area contributed by atoms with Crippen molar-refractivity contribution in [1.82, 2.24) is 0 Å². The Morgan fingerprint density at radius 3 is 2.76 bits per heavy atom. The van der Waals surface area contributed by atoms with Crippen LogP contribution >= 0.6 is 11.6 Å². The van der Waals surface area contributed by atoms with Crippen molar-refractivity contribution in [3.05, 3.63) is 57.1 Å². The molecule has 0 aliphatic carbocycles. The van der Waals surface area contributed by atoms with Crippen LogP contribution in [0, 0.1) is 10.1 Å². The van der Waals surface area contributed by atoms with Gasteiger partial charge in [0.05, 0.1) is 9.95 Å². The normalized spacial score (nSPS) is 12.2. The number of anilines is 1. The van der Waals surface area contributed by atoms with Crippen molar-refractivity contribution >= 4 is 23.0 Å². The number of halogens is 1. The van der Waals surface area contributed by atoms with Crippen molar-refractivity contribution in [2.24, 2.45) is 0 Å². The maximum Gasteiger partial charge on any atom is 0.270 e. The molecule has 108 valence electrons. The molecule has 0 aromatic heterocycles. The summed E-state index contributed by atoms with van der Waals surface area (Å²) in [5.74, 6) is 1.41. The molecule has 0 unspecified atom stereocenters. The van der Waals surface area contributed by atoms with Gasteiger partial charge in [0.25, 0.3) is 5.69 Å². The molecule has 0 amide bonds. The third-order valence-corrected chi connectivity index (χ3v) is 3.45. The van der Waals surface area contributed by atoms with Crippen molar-refractivity contribution in [2.45, 2.75) is 6.54 Å². The lowest BCUT2D eigenvalue weighted by Gasteiger charge is -2.08. The molecule has 1 heterocycles. The number of non-ortho nitro benzene ring substituents is 1. The van der Waals surface area contributed by atoms with Crippen LogP contribution in [0.3, 0.4) is 0 Å². The Morgan fingerprint density at radius 1 is 1.19 bits per heavy atom. The van der Waals surface area contributed by atoms with E-state index in [1.807, 2.05) is 18.2 Å². The van der Waals surface area contributed by atoms with E-state index in [9.17, 15) is 10.1 Å². The second-order valence-corrected chi connectivity index (χ2v) is 4.86. The highest BCUT2D eigenvalue weighted by Crippen LogP contribution is 2.34. The van der Waals surface area contributed by atoms with Gasteiger partial charge in [0, 0.05) is 30.4 Å². The average molecular weight is 307 g/mol. The fourth-order valence-corrected chi connectivity index (χ4v) is 2.24. The minimum atomic E-state index is -0.471. The van der Waals surface area contributed by atoms with E-state index in [0.29, 0.717) is 23.1 Å². The van der Waals surface area contributed by atoms with E-state index in [0.717, 1.165) is 11.3 Å². The van der Waals surface area contributed by atoms with Gasteiger partial charge in [-0.3, -0.25) is 10.1 Å². The summed E-state index contributed by atoms with van der Waals surface area (Å²) in [5, 5.41) is 14.2. The van der Waals surface area contributed by atoms with Crippen LogP contribution in [-0.2, 0) is 6.54 Å². The predicted molar refractivity (Wildman–Crippen MR) is 78.0 cm³/mol. The predicted octanol–water partition coefficient (Wildman–Crippen LogP) is 3.59. The maximum atomic E-state index is 10.7. The molecule has 0 fully saturated rings. The highest BCUT2D eigenvalue weighted by Gasteiger charge is 2.13. The number of rotatable bonds is 4. The number of hydrogen-bond acceptors (Lipinski definition) is 5. The molecule has 1 aliphatic heterocycles. The Hall–Kier alpha value is -2.47. The minimum absolute atomic E-state index is 0.0215. The lowest BCUT2D eigenvalue weighted by atomic mass is 10.2. The lowest BCUT2D eigenvalue weighted by molar-refractivity contribution is -0.384. The number of nitrogens with one attached hydrogen (secondary N) is 1. The Labute approximate surface area is 125 Å². The smallest absolute Gasteiger partial charge is 0.270 e. The van der Waals surface area contributed by atoms with E-state index in [1.54, 1.807) is 6.07 Å². The first-order valence-corrected chi connectivity index (χ1v) is 6.57. The van der Waals surface area contributed by atoms with Gasteiger partial charge in [0.2, 0.25) is 6.79 Å². The van der Waals surface area contributed by atoms with E-state index in [4.69, 9.17) is 21.1 Å². The summed E-state index contributed by atoms with van der Waals surface area (Å²) < 4.78 is 10.5. The number of nitro groups is 1. The highest BCUT2D eigenvalue weighted by atomic mass is 35.5. The Balaban J connectivity index is 1.71. The van der Waals surface area contributed by atoms with Crippen molar-refractivity contribution < 1.29 is 14.4 Å². The summed E-state index contributed by atoms with van der Waals surface area (Å²) in [6.45, 7) is 0.684. The first-order valence-electron chi connectivity index (χ1n) is 6.20. The van der Waals surface area contributed by atoms with Gasteiger partial charge < -0.3 is 14.8 Å². The van der Waals surface area contributed by atoms with Crippen LogP contribution in [0.2, 0.25) is 5.02 Å². The zero-order valence-electron chi connectivity index (χ0n) is 10.8. The molecule has 1 aliphatic rings. The van der Waals surface area contributed by atoms with Crippen LogP contribution in [0.25, 0.3) is 0 Å². The van der Waals surface area contributed by atoms with Gasteiger partial charge in [0.15, 0.2) is 11.5 Å². The SMILES string of the molecule is O=[N+]([O-])c1ccc(CNc2ccc3c(c2)OCO3)c(Cl)c1. The molecular formula is C14H11ClN2O4. The molecular weight excluding hydrogens is 296 g/mol. The standard InChI is InChI=1S/C14H11ClN2O4/c15-12-6-11(17(18)19)3-1-9(12)7-16-10-2-4-13-14(5-10)21-8-20-13/h1-6,16H,7-8H2. The molecule has 21 heavy (non-hydrogen) atoms. The lowest BCUT2D eigenvalue weighted by Crippen LogP contribution is -2.00. The molecule has 0 spiro atoms. The topological polar surface area (TPSA) is 73.6 Å². The summed E-state index contributed by atoms with van der Waals surface area (Å²) in [7, 11) is 0. The number of hydrogen-bond donors (Lipinski definition) is 1. The second-order valence-electron chi connectivity index (χ2n) is 4.45. The largest absolute Gasteiger partial charge is 0.454 e. The van der Waals surface area contributed by atoms with Crippen LogP contribution in [0.15, 0.2) is 36.4 Å². The molecule has 3 rings (SSSR count). The van der Waals surface area contributed by atoms with E-state index in [-0.39, 0.29) is 12.5 Å². The number of ether oxygens (including phenoxy) is 2. The zero-order valence-corrected chi connectivity index (χ0v) is 11.6. The number of fused-ring (bicyclic) bond motifs is 1. The van der Waals surface area contributed by atoms with Crippen LogP contribution < -0.4 is 14.8 Å². The molecule has 0 bridgehead atoms. The Kier molecular flexibility index (Phi) is 3.53. The van der Waals surface area contributed by atoms with Crippen molar-refractivity contribution in [2.75, 3.05) is 12.1 Å². The first kappa shape index (κ1) is 13.5. The van der Waals surface area contributed by atoms with Gasteiger partial charge in [-0.05, 0) is 23.8 Å². The average Bonchev–Trinajstić information content (AvgIpc) is 2.93. The fourth-order valence-electron chi connectivity index (χ4n) is 2.00. The number of benzene rings is 2. The molecule has 0 radical (unpaired) electrons. The molecule has 1 N–H and O–H groups in total. The van der Waals surface area contributed by atoms with Gasteiger partial charge in [0.1, 0.15) is 0 Å². The van der Waals surface area contributed by atoms with Gasteiger partial charge >= 0.3 is 0 Å². The third kappa shape index (κ3) is 2.85. The highest BCUT2D eigenvalue weighted by molar-refractivity contribution is 6.31. The van der Waals surface area contributed by atoms with Gasteiger partial charge in [-0.1, -0.05) is 11.6 Å². The first-order chi connectivity index (χ1) is 10.1. The molecule has 6 nitrogen and oxygen atoms in total. The van der Waals surface area contributed by atoms with Gasteiger partial charge in [-0.15, -0.1) is 0 Å². The molecule has 7 heteroatoms. The van der Waals surface area contributed by atoms with Crippen molar-refractivity contribution in [3.8, 4) is 11.5 Å². The van der Waals surface area contributed by atoms with Crippen molar-refractivity contribution in [3.63, 3.8) is 0 Å². The van der Waals surface area contributed by atoms with E-state index < -0.39 is 4.92 Å². The van der Waals surface area contributed by atoms with Gasteiger partial charge in [-0.2, -0.15) is 0 Å². The Bertz CT molecular complexity index is 705. The summed E-state index contributed by atoms with van der Waals surface area (Å²) >= 11 is 6.04. The fraction of sp³-hybridized carbons (Fsp3) is 0.143. The zero-order chi connectivity index (χ0) is 14.8. The molecule has 2 aromatic rings. The van der Waals surface area contributed by atoms with E-state index in [1.165, 1.54) is 12.1 Å². The summed E-state index contributed by atoms with van der Waals surface area (Å²) in [6, 6.07) is 9.94. The number of nitro benzene ring substituents is 1. The number of nitrogens with zero attached hydrogens (tertiary/aromatic N) is 1. The van der Waals surface area contributed by atoms with Crippen molar-refractivity contribution in [1.29, 1.82) is 0 Å². The molecule has 0 saturated carbocycles. The molecule has 2 aromatic carbocycles.